The molecule has 1 fully saturated rings. The molecule has 0 radical (unpaired) electrons. The van der Waals surface area contributed by atoms with Crippen molar-refractivity contribution in [3.8, 4) is 0 Å². The number of benzene rings is 1. The Kier molecular flexibility index (Phi) is 5.34. The summed E-state index contributed by atoms with van der Waals surface area (Å²) in [4.78, 5) is 21.8. The summed E-state index contributed by atoms with van der Waals surface area (Å²) in [6.07, 6.45) is 2.28. The highest BCUT2D eigenvalue weighted by Gasteiger charge is 2.60. The van der Waals surface area contributed by atoms with Crippen molar-refractivity contribution < 1.29 is 13.7 Å². The number of hydrogen-bond donors (Lipinski definition) is 4. The van der Waals surface area contributed by atoms with E-state index in [0.717, 1.165) is 11.1 Å². The number of nitrogens with one attached hydrogen (secondary N) is 2. The Morgan fingerprint density at radius 2 is 2.03 bits per heavy atom. The molecule has 172 valence electrons. The summed E-state index contributed by atoms with van der Waals surface area (Å²) >= 11 is 0. The van der Waals surface area contributed by atoms with E-state index < -0.39 is 26.6 Å². The normalized spacial score (nSPS) is 30.7. The van der Waals surface area contributed by atoms with Gasteiger partial charge in [-0.3, -0.25) is 19.5 Å². The van der Waals surface area contributed by atoms with Gasteiger partial charge in [0.1, 0.15) is 22.9 Å². The molecule has 0 spiro atoms. The maximum absolute atomic E-state index is 15.1. The number of carbonyl (C=O) groups excluding carboxylic acids is 1. The fourth-order valence-electron chi connectivity index (χ4n) is 4.75. The summed E-state index contributed by atoms with van der Waals surface area (Å²) in [5.74, 6) is -0.542. The third-order valence-corrected chi connectivity index (χ3v) is 10.6. The minimum absolute atomic E-state index is 0.288. The largest absolute Gasteiger partial charge is 0.386 e. The number of aromatic nitrogens is 1. The average Bonchev–Trinajstić information content (AvgIpc) is 3.13. The van der Waals surface area contributed by atoms with Crippen LogP contribution in [0.1, 0.15) is 54.4 Å². The smallest absolute Gasteiger partial charge is 0.274 e. The van der Waals surface area contributed by atoms with Gasteiger partial charge in [0.05, 0.1) is 10.00 Å². The van der Waals surface area contributed by atoms with E-state index >= 15 is 4.39 Å². The standard InChI is InChI=1S/C23H30FN5O2S/c1-13-10-14(2)19(26-12-13)20(30)28-15-6-7-17(24)16(11-15)23(5)18-8-9-27-32(18,31)22(3,4)21(25)29-23/h6-7,10-12,18,27,31H,8-9H2,1-5H3,(H2,25,29)(H,28,30)/t18-,23+/m0/s1. The van der Waals surface area contributed by atoms with Crippen LogP contribution in [-0.2, 0) is 5.54 Å². The fraction of sp³-hybridized carbons (Fsp3) is 0.435. The van der Waals surface area contributed by atoms with Crippen molar-refractivity contribution in [2.75, 3.05) is 11.9 Å². The van der Waals surface area contributed by atoms with Gasteiger partial charge in [-0.2, -0.15) is 0 Å². The van der Waals surface area contributed by atoms with E-state index in [2.05, 4.69) is 15.0 Å². The van der Waals surface area contributed by atoms with Crippen LogP contribution in [0.15, 0.2) is 35.5 Å². The number of aryl methyl sites for hydroxylation is 2. The molecular weight excluding hydrogens is 429 g/mol. The maximum atomic E-state index is 15.1. The summed E-state index contributed by atoms with van der Waals surface area (Å²) in [5.41, 5.74) is 8.00. The molecular formula is C23H30FN5O2S. The van der Waals surface area contributed by atoms with Crippen LogP contribution in [0.2, 0.25) is 0 Å². The minimum atomic E-state index is -2.40. The highest BCUT2D eigenvalue weighted by Crippen LogP contribution is 2.67. The second-order valence-corrected chi connectivity index (χ2v) is 12.4. The van der Waals surface area contributed by atoms with E-state index in [-0.39, 0.29) is 17.0 Å². The van der Waals surface area contributed by atoms with Crippen LogP contribution in [0.5, 0.6) is 0 Å². The molecule has 2 aliphatic rings. The van der Waals surface area contributed by atoms with Gasteiger partial charge in [-0.05, 0) is 70.4 Å². The highest BCUT2D eigenvalue weighted by atomic mass is 32.3. The molecule has 1 amide bonds. The minimum Gasteiger partial charge on any atom is -0.386 e. The zero-order valence-electron chi connectivity index (χ0n) is 19.0. The summed E-state index contributed by atoms with van der Waals surface area (Å²) in [7, 11) is -2.40. The molecule has 4 rings (SSSR count). The molecule has 0 aliphatic carbocycles. The summed E-state index contributed by atoms with van der Waals surface area (Å²) in [6, 6.07) is 6.30. The lowest BCUT2D eigenvalue weighted by Gasteiger charge is -2.56. The van der Waals surface area contributed by atoms with E-state index in [1.165, 1.54) is 12.1 Å². The van der Waals surface area contributed by atoms with Crippen LogP contribution < -0.4 is 15.8 Å². The van der Waals surface area contributed by atoms with Crippen molar-refractivity contribution in [2.45, 2.75) is 56.6 Å². The lowest BCUT2D eigenvalue weighted by atomic mass is 9.85. The second-order valence-electron chi connectivity index (χ2n) is 9.28. The van der Waals surface area contributed by atoms with Crippen LogP contribution in [0, 0.1) is 19.7 Å². The first-order valence-electron chi connectivity index (χ1n) is 10.6. The first kappa shape index (κ1) is 22.7. The molecule has 1 aromatic carbocycles. The number of pyridine rings is 1. The third kappa shape index (κ3) is 3.30. The zero-order valence-corrected chi connectivity index (χ0v) is 19.8. The molecule has 1 saturated heterocycles. The van der Waals surface area contributed by atoms with E-state index in [0.29, 0.717) is 29.9 Å². The molecule has 9 heteroatoms. The van der Waals surface area contributed by atoms with Crippen molar-refractivity contribution in [3.63, 3.8) is 0 Å². The molecule has 5 N–H and O–H groups in total. The lowest BCUT2D eigenvalue weighted by molar-refractivity contribution is 0.102. The monoisotopic (exact) mass is 459 g/mol. The number of halogens is 1. The molecule has 32 heavy (non-hydrogen) atoms. The van der Waals surface area contributed by atoms with E-state index in [9.17, 15) is 9.35 Å². The first-order chi connectivity index (χ1) is 14.9. The molecule has 0 saturated carbocycles. The van der Waals surface area contributed by atoms with Gasteiger partial charge in [0.2, 0.25) is 0 Å². The van der Waals surface area contributed by atoms with Crippen molar-refractivity contribution in [1.29, 1.82) is 0 Å². The fourth-order valence-corrected chi connectivity index (χ4v) is 8.12. The van der Waals surface area contributed by atoms with Gasteiger partial charge in [-0.25, -0.2) is 4.39 Å². The number of rotatable bonds is 3. The molecule has 2 aromatic rings. The van der Waals surface area contributed by atoms with Gasteiger partial charge in [-0.1, -0.05) is 16.6 Å². The topological polar surface area (TPSA) is 113 Å². The lowest BCUT2D eigenvalue weighted by Crippen LogP contribution is -2.57. The van der Waals surface area contributed by atoms with Crippen LogP contribution in [0.3, 0.4) is 0 Å². The molecule has 3 atom stereocenters. The average molecular weight is 460 g/mol. The van der Waals surface area contributed by atoms with Gasteiger partial charge < -0.3 is 15.6 Å². The van der Waals surface area contributed by atoms with Gasteiger partial charge in [0, 0.05) is 24.0 Å². The predicted octanol–water partition coefficient (Wildman–Crippen LogP) is 4.01. The summed E-state index contributed by atoms with van der Waals surface area (Å²) in [5, 5.41) is 2.50. The maximum Gasteiger partial charge on any atom is 0.274 e. The second kappa shape index (κ2) is 7.54. The van der Waals surface area contributed by atoms with Crippen LogP contribution in [0.4, 0.5) is 10.1 Å². The van der Waals surface area contributed by atoms with Crippen molar-refractivity contribution in [1.82, 2.24) is 9.71 Å². The number of carbonyl (C=O) groups is 1. The van der Waals surface area contributed by atoms with Crippen molar-refractivity contribution in [3.05, 3.63) is 58.7 Å². The predicted molar refractivity (Wildman–Crippen MR) is 128 cm³/mol. The van der Waals surface area contributed by atoms with Gasteiger partial charge in [0.25, 0.3) is 5.91 Å². The third-order valence-electron chi connectivity index (χ3n) is 6.71. The van der Waals surface area contributed by atoms with E-state index in [4.69, 9.17) is 10.7 Å². The Morgan fingerprint density at radius 1 is 1.31 bits per heavy atom. The van der Waals surface area contributed by atoms with Gasteiger partial charge >= 0.3 is 0 Å². The number of aliphatic imine (C=N–C) groups is 1. The van der Waals surface area contributed by atoms with Crippen LogP contribution in [-0.4, -0.2) is 37.8 Å². The van der Waals surface area contributed by atoms with Crippen LogP contribution >= 0.6 is 10.5 Å². The Labute approximate surface area is 189 Å². The summed E-state index contributed by atoms with van der Waals surface area (Å²) < 4.78 is 29.3. The van der Waals surface area contributed by atoms with Gasteiger partial charge in [-0.15, -0.1) is 0 Å². The molecule has 7 nitrogen and oxygen atoms in total. The molecule has 3 heterocycles. The number of fused-ring (bicyclic) bond motifs is 1. The quantitative estimate of drug-likeness (QED) is 0.554. The number of hydrogen-bond acceptors (Lipinski definition) is 6. The Hall–Kier alpha value is -2.49. The zero-order chi connectivity index (χ0) is 23.5. The number of anilines is 1. The number of nitrogens with two attached hydrogens (primary N) is 1. The Morgan fingerprint density at radius 3 is 2.72 bits per heavy atom. The van der Waals surface area contributed by atoms with Crippen molar-refractivity contribution in [2.24, 2.45) is 10.7 Å². The summed E-state index contributed by atoms with van der Waals surface area (Å²) in [6.45, 7) is 9.89. The van der Waals surface area contributed by atoms with Crippen LogP contribution in [0.25, 0.3) is 0 Å². The van der Waals surface area contributed by atoms with Gasteiger partial charge in [0.15, 0.2) is 0 Å². The van der Waals surface area contributed by atoms with E-state index in [1.807, 2.05) is 33.8 Å². The first-order valence-corrected chi connectivity index (χ1v) is 12.2. The number of nitrogens with zero attached hydrogens (tertiary/aromatic N) is 2. The van der Waals surface area contributed by atoms with Crippen molar-refractivity contribution >= 4 is 27.9 Å². The molecule has 2 aliphatic heterocycles. The van der Waals surface area contributed by atoms with E-state index in [1.54, 1.807) is 19.2 Å². The molecule has 1 aromatic heterocycles. The highest BCUT2D eigenvalue weighted by molar-refractivity contribution is 8.29. The SMILES string of the molecule is Cc1cnc(C(=O)Nc2ccc(F)c([C@@]3(C)N=C(N)C(C)(C)S4(O)NCC[C@@H]34)c2)c(C)c1. The Balaban J connectivity index is 1.74. The molecule has 1 unspecified atom stereocenters. The Bertz CT molecular complexity index is 1140. The number of amidine groups is 1. The number of amides is 1. The molecule has 0 bridgehead atoms.